The molecule has 0 saturated heterocycles. The molecule has 0 aliphatic rings. The Balaban J connectivity index is 2.70. The number of nitrogen functional groups attached to an aromatic ring is 1. The molecule has 22 heavy (non-hydrogen) atoms. The molecule has 1 aromatic carbocycles. The number of nitrogens with two attached hydrogens (primary N) is 1. The first-order chi connectivity index (χ1) is 10.3. The first-order valence-corrected chi connectivity index (χ1v) is 6.49. The fourth-order valence-electron chi connectivity index (χ4n) is 2.22. The Labute approximate surface area is 124 Å². The standard InChI is InChI=1S/C15H14F4N2O/c1-7(2)12-13(17)10(22-15(18)19)6-9(14(12)20)8-3-4-21-11(16)5-8/h3-7,15H,20H2,1-2H3. The SMILES string of the molecule is CC(C)c1c(N)c(-c2ccnc(F)c2)cc(OC(F)F)c1F. The van der Waals surface area contributed by atoms with Gasteiger partial charge in [0.05, 0.1) is 0 Å². The molecule has 0 saturated carbocycles. The largest absolute Gasteiger partial charge is 0.432 e. The third-order valence-corrected chi connectivity index (χ3v) is 3.14. The molecule has 3 nitrogen and oxygen atoms in total. The van der Waals surface area contributed by atoms with Crippen molar-refractivity contribution in [2.24, 2.45) is 0 Å². The van der Waals surface area contributed by atoms with Gasteiger partial charge in [-0.1, -0.05) is 13.8 Å². The topological polar surface area (TPSA) is 48.1 Å². The molecular weight excluding hydrogens is 300 g/mol. The molecule has 0 amide bonds. The van der Waals surface area contributed by atoms with Gasteiger partial charge in [-0.3, -0.25) is 0 Å². The van der Waals surface area contributed by atoms with E-state index in [4.69, 9.17) is 5.73 Å². The van der Waals surface area contributed by atoms with Gasteiger partial charge in [-0.25, -0.2) is 9.37 Å². The number of hydrogen-bond acceptors (Lipinski definition) is 3. The molecule has 0 fully saturated rings. The number of alkyl halides is 2. The monoisotopic (exact) mass is 314 g/mol. The minimum atomic E-state index is -3.18. The summed E-state index contributed by atoms with van der Waals surface area (Å²) >= 11 is 0. The normalized spacial score (nSPS) is 11.3. The molecule has 7 heteroatoms. The second-order valence-corrected chi connectivity index (χ2v) is 4.96. The Morgan fingerprint density at radius 3 is 2.41 bits per heavy atom. The average Bonchev–Trinajstić information content (AvgIpc) is 2.41. The van der Waals surface area contributed by atoms with Crippen LogP contribution in [0.3, 0.4) is 0 Å². The maximum atomic E-state index is 14.3. The van der Waals surface area contributed by atoms with Crippen molar-refractivity contribution in [1.29, 1.82) is 0 Å². The average molecular weight is 314 g/mol. The second-order valence-electron chi connectivity index (χ2n) is 4.96. The number of nitrogens with zero attached hydrogens (tertiary/aromatic N) is 1. The van der Waals surface area contributed by atoms with Crippen LogP contribution in [0.5, 0.6) is 5.75 Å². The summed E-state index contributed by atoms with van der Waals surface area (Å²) in [5, 5.41) is 0. The van der Waals surface area contributed by atoms with Gasteiger partial charge in [0.25, 0.3) is 0 Å². The van der Waals surface area contributed by atoms with E-state index in [2.05, 4.69) is 9.72 Å². The summed E-state index contributed by atoms with van der Waals surface area (Å²) in [5.74, 6) is -2.69. The Kier molecular flexibility index (Phi) is 4.54. The minimum Gasteiger partial charge on any atom is -0.432 e. The number of hydrogen-bond donors (Lipinski definition) is 1. The fourth-order valence-corrected chi connectivity index (χ4v) is 2.22. The Bertz CT molecular complexity index is 689. The number of halogens is 4. The van der Waals surface area contributed by atoms with E-state index in [0.717, 1.165) is 12.1 Å². The van der Waals surface area contributed by atoms with Crippen molar-refractivity contribution in [3.05, 3.63) is 41.7 Å². The van der Waals surface area contributed by atoms with Crippen LogP contribution in [0.25, 0.3) is 11.1 Å². The lowest BCUT2D eigenvalue weighted by atomic mass is 9.94. The molecule has 0 radical (unpaired) electrons. The summed E-state index contributed by atoms with van der Waals surface area (Å²) in [6.45, 7) is 0.149. The van der Waals surface area contributed by atoms with Crippen molar-refractivity contribution in [3.8, 4) is 16.9 Å². The third kappa shape index (κ3) is 3.13. The number of anilines is 1. The van der Waals surface area contributed by atoms with Gasteiger partial charge in [0.2, 0.25) is 5.95 Å². The molecule has 1 heterocycles. The first-order valence-electron chi connectivity index (χ1n) is 6.49. The van der Waals surface area contributed by atoms with Crippen LogP contribution in [0.1, 0.15) is 25.3 Å². The molecular formula is C15H14F4N2O. The van der Waals surface area contributed by atoms with Gasteiger partial charge in [-0.05, 0) is 23.6 Å². The van der Waals surface area contributed by atoms with Crippen molar-refractivity contribution < 1.29 is 22.3 Å². The minimum absolute atomic E-state index is 0.0466. The van der Waals surface area contributed by atoms with Crippen LogP contribution in [-0.4, -0.2) is 11.6 Å². The fraction of sp³-hybridized carbons (Fsp3) is 0.267. The van der Waals surface area contributed by atoms with Crippen molar-refractivity contribution >= 4 is 5.69 Å². The predicted molar refractivity (Wildman–Crippen MR) is 74.7 cm³/mol. The van der Waals surface area contributed by atoms with Crippen LogP contribution < -0.4 is 10.5 Å². The molecule has 0 spiro atoms. The Hall–Kier alpha value is -2.31. The second kappa shape index (κ2) is 6.21. The summed E-state index contributed by atoms with van der Waals surface area (Å²) in [5.41, 5.74) is 6.55. The zero-order valence-corrected chi connectivity index (χ0v) is 11.9. The highest BCUT2D eigenvalue weighted by atomic mass is 19.3. The van der Waals surface area contributed by atoms with E-state index in [1.54, 1.807) is 13.8 Å². The van der Waals surface area contributed by atoms with Crippen molar-refractivity contribution in [2.75, 3.05) is 5.73 Å². The van der Waals surface area contributed by atoms with Crippen molar-refractivity contribution in [2.45, 2.75) is 26.4 Å². The van der Waals surface area contributed by atoms with Crippen LogP contribution in [0.2, 0.25) is 0 Å². The van der Waals surface area contributed by atoms with Gasteiger partial charge >= 0.3 is 6.61 Å². The quantitative estimate of drug-likeness (QED) is 0.519. The lowest BCUT2D eigenvalue weighted by Gasteiger charge is -2.18. The van der Waals surface area contributed by atoms with E-state index in [-0.39, 0.29) is 22.7 Å². The van der Waals surface area contributed by atoms with E-state index in [9.17, 15) is 17.6 Å². The molecule has 118 valence electrons. The van der Waals surface area contributed by atoms with Crippen LogP contribution in [0.4, 0.5) is 23.2 Å². The van der Waals surface area contributed by atoms with E-state index in [0.29, 0.717) is 5.56 Å². The zero-order valence-electron chi connectivity index (χ0n) is 11.9. The van der Waals surface area contributed by atoms with Crippen LogP contribution in [0.15, 0.2) is 24.4 Å². The van der Waals surface area contributed by atoms with E-state index < -0.39 is 24.1 Å². The number of aromatic nitrogens is 1. The van der Waals surface area contributed by atoms with Gasteiger partial charge in [-0.2, -0.15) is 13.2 Å². The Morgan fingerprint density at radius 2 is 1.86 bits per heavy atom. The summed E-state index contributed by atoms with van der Waals surface area (Å²) in [4.78, 5) is 3.41. The Morgan fingerprint density at radius 1 is 1.18 bits per heavy atom. The van der Waals surface area contributed by atoms with Gasteiger partial charge in [0.15, 0.2) is 11.6 Å². The molecule has 0 bridgehead atoms. The lowest BCUT2D eigenvalue weighted by Crippen LogP contribution is -2.09. The van der Waals surface area contributed by atoms with E-state index >= 15 is 0 Å². The van der Waals surface area contributed by atoms with Gasteiger partial charge in [-0.15, -0.1) is 0 Å². The number of benzene rings is 1. The van der Waals surface area contributed by atoms with E-state index in [1.165, 1.54) is 12.3 Å². The highest BCUT2D eigenvalue weighted by Gasteiger charge is 2.22. The predicted octanol–water partition coefficient (Wildman–Crippen LogP) is 4.33. The summed E-state index contributed by atoms with van der Waals surface area (Å²) in [6.07, 6.45) is 1.20. The molecule has 0 aliphatic carbocycles. The maximum absolute atomic E-state index is 14.3. The summed E-state index contributed by atoms with van der Waals surface area (Å²) < 4.78 is 56.6. The molecule has 0 atom stereocenters. The number of rotatable bonds is 4. The zero-order chi connectivity index (χ0) is 16.4. The first kappa shape index (κ1) is 16.1. The van der Waals surface area contributed by atoms with Gasteiger partial charge < -0.3 is 10.5 Å². The van der Waals surface area contributed by atoms with Crippen molar-refractivity contribution in [3.63, 3.8) is 0 Å². The summed E-state index contributed by atoms with van der Waals surface area (Å²) in [7, 11) is 0. The maximum Gasteiger partial charge on any atom is 0.387 e. The summed E-state index contributed by atoms with van der Waals surface area (Å²) in [6, 6.07) is 3.57. The van der Waals surface area contributed by atoms with Crippen LogP contribution in [-0.2, 0) is 0 Å². The number of pyridine rings is 1. The molecule has 2 aromatic rings. The highest BCUT2D eigenvalue weighted by Crippen LogP contribution is 2.39. The smallest absolute Gasteiger partial charge is 0.387 e. The third-order valence-electron chi connectivity index (χ3n) is 3.14. The van der Waals surface area contributed by atoms with Crippen LogP contribution in [0, 0.1) is 11.8 Å². The van der Waals surface area contributed by atoms with E-state index in [1.807, 2.05) is 0 Å². The molecule has 2 N–H and O–H groups in total. The molecule has 0 unspecified atom stereocenters. The van der Waals surface area contributed by atoms with Crippen molar-refractivity contribution in [1.82, 2.24) is 4.98 Å². The molecule has 2 rings (SSSR count). The number of ether oxygens (including phenoxy) is 1. The molecule has 1 aromatic heterocycles. The van der Waals surface area contributed by atoms with Crippen LogP contribution >= 0.6 is 0 Å². The van der Waals surface area contributed by atoms with Gasteiger partial charge in [0, 0.05) is 29.1 Å². The lowest BCUT2D eigenvalue weighted by molar-refractivity contribution is -0.0522. The van der Waals surface area contributed by atoms with Gasteiger partial charge in [0.1, 0.15) is 0 Å². The molecule has 0 aliphatic heterocycles. The highest BCUT2D eigenvalue weighted by molar-refractivity contribution is 5.80.